The van der Waals surface area contributed by atoms with Crippen molar-refractivity contribution in [3.05, 3.63) is 41.4 Å². The van der Waals surface area contributed by atoms with Crippen LogP contribution in [0.4, 0.5) is 0 Å². The third-order valence-electron chi connectivity index (χ3n) is 4.92. The lowest BCUT2D eigenvalue weighted by Gasteiger charge is -2.28. The van der Waals surface area contributed by atoms with Gasteiger partial charge >= 0.3 is 0 Å². The van der Waals surface area contributed by atoms with E-state index in [1.54, 1.807) is 11.3 Å². The number of carbonyl (C=O) groups excluding carboxylic acids is 1. The normalized spacial score (nSPS) is 18.0. The molecule has 2 atom stereocenters. The van der Waals surface area contributed by atoms with E-state index in [0.29, 0.717) is 24.8 Å². The Bertz CT molecular complexity index is 671. The topological polar surface area (TPSA) is 54.0 Å². The summed E-state index contributed by atoms with van der Waals surface area (Å²) in [4.78, 5) is 16.8. The van der Waals surface area contributed by atoms with Gasteiger partial charge in [0.2, 0.25) is 5.91 Å². The molecular weight excluding hydrogens is 366 g/mol. The van der Waals surface area contributed by atoms with E-state index in [9.17, 15) is 4.79 Å². The van der Waals surface area contributed by atoms with Crippen LogP contribution in [0.15, 0.2) is 35.7 Å². The zero-order valence-electron chi connectivity index (χ0n) is 15.2. The van der Waals surface area contributed by atoms with E-state index in [2.05, 4.69) is 40.1 Å². The SMILES string of the molecule is CC(CC(=O)NCCc1csc(-c2ccccc2)n1)C1CCCNC1.Cl. The molecule has 1 aliphatic rings. The van der Waals surface area contributed by atoms with Crippen LogP contribution in [0.3, 0.4) is 0 Å². The molecule has 1 aromatic carbocycles. The van der Waals surface area contributed by atoms with Crippen molar-refractivity contribution in [2.75, 3.05) is 19.6 Å². The molecule has 0 aliphatic carbocycles. The maximum atomic E-state index is 12.2. The summed E-state index contributed by atoms with van der Waals surface area (Å²) in [5, 5.41) is 9.62. The molecule has 26 heavy (non-hydrogen) atoms. The quantitative estimate of drug-likeness (QED) is 0.749. The molecule has 2 heterocycles. The van der Waals surface area contributed by atoms with E-state index >= 15 is 0 Å². The van der Waals surface area contributed by atoms with Gasteiger partial charge in [-0.25, -0.2) is 4.98 Å². The van der Waals surface area contributed by atoms with E-state index in [4.69, 9.17) is 0 Å². The molecule has 2 unspecified atom stereocenters. The minimum atomic E-state index is 0. The van der Waals surface area contributed by atoms with Crippen molar-refractivity contribution in [1.82, 2.24) is 15.6 Å². The van der Waals surface area contributed by atoms with Crippen LogP contribution in [0, 0.1) is 11.8 Å². The number of amides is 1. The molecular formula is C20H28ClN3OS. The number of hydrogen-bond donors (Lipinski definition) is 2. The first-order valence-corrected chi connectivity index (χ1v) is 10.1. The first-order valence-electron chi connectivity index (χ1n) is 9.19. The summed E-state index contributed by atoms with van der Waals surface area (Å²) < 4.78 is 0. The number of carbonyl (C=O) groups is 1. The van der Waals surface area contributed by atoms with Gasteiger partial charge in [-0.1, -0.05) is 37.3 Å². The Morgan fingerprint density at radius 1 is 1.38 bits per heavy atom. The molecule has 1 aliphatic heterocycles. The summed E-state index contributed by atoms with van der Waals surface area (Å²) in [6, 6.07) is 10.2. The van der Waals surface area contributed by atoms with Crippen LogP contribution in [0.1, 0.15) is 31.9 Å². The summed E-state index contributed by atoms with van der Waals surface area (Å²) in [5.74, 6) is 1.24. The van der Waals surface area contributed by atoms with Crippen LogP contribution >= 0.6 is 23.7 Å². The zero-order valence-corrected chi connectivity index (χ0v) is 16.9. The number of hydrogen-bond acceptors (Lipinski definition) is 4. The van der Waals surface area contributed by atoms with E-state index in [1.165, 1.54) is 12.8 Å². The fraction of sp³-hybridized carbons (Fsp3) is 0.500. The van der Waals surface area contributed by atoms with E-state index in [-0.39, 0.29) is 18.3 Å². The van der Waals surface area contributed by atoms with Crippen molar-refractivity contribution in [1.29, 1.82) is 0 Å². The molecule has 0 radical (unpaired) electrons. The number of piperidine rings is 1. The predicted molar refractivity (Wildman–Crippen MR) is 111 cm³/mol. The number of benzene rings is 1. The molecule has 3 rings (SSSR count). The van der Waals surface area contributed by atoms with Gasteiger partial charge in [-0.2, -0.15) is 0 Å². The van der Waals surface area contributed by atoms with Gasteiger partial charge in [0.1, 0.15) is 5.01 Å². The van der Waals surface area contributed by atoms with Gasteiger partial charge in [0.15, 0.2) is 0 Å². The molecule has 0 spiro atoms. The number of aromatic nitrogens is 1. The summed E-state index contributed by atoms with van der Waals surface area (Å²) in [6.45, 7) is 5.03. The maximum Gasteiger partial charge on any atom is 0.220 e. The van der Waals surface area contributed by atoms with Gasteiger partial charge in [0.25, 0.3) is 0 Å². The maximum absolute atomic E-state index is 12.2. The van der Waals surface area contributed by atoms with Gasteiger partial charge in [0, 0.05) is 30.3 Å². The van der Waals surface area contributed by atoms with Crippen molar-refractivity contribution in [2.24, 2.45) is 11.8 Å². The van der Waals surface area contributed by atoms with Crippen LogP contribution in [0.2, 0.25) is 0 Å². The second kappa shape index (κ2) is 10.7. The lowest BCUT2D eigenvalue weighted by atomic mass is 9.85. The fourth-order valence-electron chi connectivity index (χ4n) is 3.36. The van der Waals surface area contributed by atoms with Crippen molar-refractivity contribution in [3.63, 3.8) is 0 Å². The summed E-state index contributed by atoms with van der Waals surface area (Å²) in [7, 11) is 0. The van der Waals surface area contributed by atoms with Gasteiger partial charge in [0.05, 0.1) is 5.69 Å². The highest BCUT2D eigenvalue weighted by Gasteiger charge is 2.21. The van der Waals surface area contributed by atoms with Gasteiger partial charge in [-0.15, -0.1) is 23.7 Å². The minimum absolute atomic E-state index is 0. The first kappa shape index (κ1) is 20.9. The average molecular weight is 394 g/mol. The highest BCUT2D eigenvalue weighted by Crippen LogP contribution is 2.24. The van der Waals surface area contributed by atoms with Gasteiger partial charge < -0.3 is 10.6 Å². The molecule has 0 bridgehead atoms. The van der Waals surface area contributed by atoms with Crippen LogP contribution < -0.4 is 10.6 Å². The molecule has 2 aromatic rings. The summed E-state index contributed by atoms with van der Waals surface area (Å²) in [6.07, 6.45) is 3.87. The van der Waals surface area contributed by atoms with Crippen LogP contribution in [0.25, 0.3) is 10.6 Å². The fourth-order valence-corrected chi connectivity index (χ4v) is 4.22. The molecule has 1 amide bonds. The van der Waals surface area contributed by atoms with E-state index in [1.807, 2.05) is 18.2 Å². The summed E-state index contributed by atoms with van der Waals surface area (Å²) >= 11 is 1.66. The Balaban J connectivity index is 0.00000243. The zero-order chi connectivity index (χ0) is 17.5. The largest absolute Gasteiger partial charge is 0.356 e. The lowest BCUT2D eigenvalue weighted by molar-refractivity contribution is -0.122. The van der Waals surface area contributed by atoms with Crippen molar-refractivity contribution >= 4 is 29.7 Å². The minimum Gasteiger partial charge on any atom is -0.356 e. The first-order chi connectivity index (χ1) is 12.2. The lowest BCUT2D eigenvalue weighted by Crippen LogP contribution is -2.36. The third-order valence-corrected chi connectivity index (χ3v) is 5.86. The Labute approximate surface area is 166 Å². The molecule has 6 heteroatoms. The smallest absolute Gasteiger partial charge is 0.220 e. The Morgan fingerprint density at radius 3 is 2.92 bits per heavy atom. The number of nitrogens with zero attached hydrogens (tertiary/aromatic N) is 1. The highest BCUT2D eigenvalue weighted by atomic mass is 35.5. The van der Waals surface area contributed by atoms with Gasteiger partial charge in [-0.05, 0) is 37.8 Å². The monoisotopic (exact) mass is 393 g/mol. The van der Waals surface area contributed by atoms with Crippen molar-refractivity contribution < 1.29 is 4.79 Å². The molecule has 4 nitrogen and oxygen atoms in total. The Kier molecular flexibility index (Phi) is 8.55. The number of halogens is 1. The second-order valence-corrected chi connectivity index (χ2v) is 7.76. The molecule has 1 saturated heterocycles. The number of thiazole rings is 1. The van der Waals surface area contributed by atoms with Crippen molar-refractivity contribution in [2.45, 2.75) is 32.6 Å². The average Bonchev–Trinajstić information content (AvgIpc) is 3.12. The highest BCUT2D eigenvalue weighted by molar-refractivity contribution is 7.13. The van der Waals surface area contributed by atoms with Crippen molar-refractivity contribution in [3.8, 4) is 10.6 Å². The second-order valence-electron chi connectivity index (χ2n) is 6.90. The molecule has 2 N–H and O–H groups in total. The number of rotatable bonds is 7. The molecule has 142 valence electrons. The van der Waals surface area contributed by atoms with Gasteiger partial charge in [-0.3, -0.25) is 4.79 Å². The number of nitrogens with one attached hydrogen (secondary N) is 2. The Hall–Kier alpha value is -1.43. The standard InChI is InChI=1S/C20H27N3OS.ClH/c1-15(17-8-5-10-21-13-17)12-19(24)22-11-9-18-14-25-20(23-18)16-6-3-2-4-7-16;/h2-4,6-7,14-15,17,21H,5,8-13H2,1H3,(H,22,24);1H. The van der Waals surface area contributed by atoms with E-state index < -0.39 is 0 Å². The summed E-state index contributed by atoms with van der Waals surface area (Å²) in [5.41, 5.74) is 2.20. The van der Waals surface area contributed by atoms with E-state index in [0.717, 1.165) is 35.8 Å². The van der Waals surface area contributed by atoms with Crippen LogP contribution in [-0.4, -0.2) is 30.5 Å². The van der Waals surface area contributed by atoms with Crippen LogP contribution in [-0.2, 0) is 11.2 Å². The predicted octanol–water partition coefficient (Wildman–Crippen LogP) is 3.92. The molecule has 1 fully saturated rings. The third kappa shape index (κ3) is 6.08. The Morgan fingerprint density at radius 2 is 2.19 bits per heavy atom. The van der Waals surface area contributed by atoms with Crippen LogP contribution in [0.5, 0.6) is 0 Å². The molecule has 0 saturated carbocycles. The molecule has 1 aromatic heterocycles.